The summed E-state index contributed by atoms with van der Waals surface area (Å²) in [5, 5.41) is 16.6. The van der Waals surface area contributed by atoms with Crippen LogP contribution in [0, 0.1) is 5.82 Å². The molecule has 0 aliphatic heterocycles. The van der Waals surface area contributed by atoms with Crippen molar-refractivity contribution >= 4 is 5.97 Å². The Balaban J connectivity index is 0.000000325. The number of aromatic carboxylic acids is 1. The number of carboxylic acids is 1. The van der Waals surface area contributed by atoms with Crippen LogP contribution in [0.25, 0.3) is 0 Å². The van der Waals surface area contributed by atoms with Crippen molar-refractivity contribution < 1.29 is 19.4 Å². The van der Waals surface area contributed by atoms with Crippen molar-refractivity contribution in [2.75, 3.05) is 6.61 Å². The van der Waals surface area contributed by atoms with Crippen LogP contribution in [-0.2, 0) is 0 Å². The molecule has 0 radical (unpaired) electrons. The molecular formula is C11H16FNO3. The Morgan fingerprint density at radius 2 is 1.88 bits per heavy atom. The van der Waals surface area contributed by atoms with Gasteiger partial charge in [-0.2, -0.15) is 0 Å². The minimum Gasteiger partial charge on any atom is -0.478 e. The molecule has 0 heterocycles. The number of carboxylic acid groups (broad SMARTS) is 1. The lowest BCUT2D eigenvalue weighted by molar-refractivity contribution is 0.0692. The van der Waals surface area contributed by atoms with Gasteiger partial charge in [-0.1, -0.05) is 12.1 Å². The molecule has 5 heteroatoms. The summed E-state index contributed by atoms with van der Waals surface area (Å²) in [7, 11) is 0. The minimum absolute atomic E-state index is 0.0486. The maximum Gasteiger partial charge on any atom is 0.338 e. The number of nitrogens with two attached hydrogens (primary N) is 1. The van der Waals surface area contributed by atoms with Crippen LogP contribution in [0.2, 0.25) is 0 Å². The largest absolute Gasteiger partial charge is 0.478 e. The molecule has 1 rings (SSSR count). The molecule has 16 heavy (non-hydrogen) atoms. The first kappa shape index (κ1) is 14.5. The number of carbonyl (C=O) groups is 1. The average molecular weight is 229 g/mol. The van der Waals surface area contributed by atoms with Crippen molar-refractivity contribution in [3.05, 3.63) is 35.6 Å². The predicted molar refractivity (Wildman–Crippen MR) is 58.7 cm³/mol. The van der Waals surface area contributed by atoms with Gasteiger partial charge in [-0.25, -0.2) is 9.18 Å². The predicted octanol–water partition coefficient (Wildman–Crippen LogP) is 1.24. The summed E-state index contributed by atoms with van der Waals surface area (Å²) in [5.41, 5.74) is 4.59. The van der Waals surface area contributed by atoms with E-state index in [0.717, 1.165) is 6.07 Å². The second-order valence-electron chi connectivity index (χ2n) is 3.93. The maximum absolute atomic E-state index is 12.5. The standard InChI is InChI=1S/C7H5FO2.C4H11NO/c8-6-4-2-1-3-5(6)7(9)10;1-4(2,5)3-6/h1-4H,(H,9,10);6H,3,5H2,1-2H3. The molecule has 0 amide bonds. The third kappa shape index (κ3) is 6.10. The number of halogens is 1. The lowest BCUT2D eigenvalue weighted by atomic mass is 10.1. The second kappa shape index (κ2) is 6.19. The van der Waals surface area contributed by atoms with E-state index >= 15 is 0 Å². The highest BCUT2D eigenvalue weighted by Gasteiger charge is 2.06. The van der Waals surface area contributed by atoms with Crippen LogP contribution in [0.3, 0.4) is 0 Å². The van der Waals surface area contributed by atoms with Crippen molar-refractivity contribution in [3.63, 3.8) is 0 Å². The van der Waals surface area contributed by atoms with Gasteiger partial charge >= 0.3 is 5.97 Å². The highest BCUT2D eigenvalue weighted by molar-refractivity contribution is 5.87. The van der Waals surface area contributed by atoms with E-state index in [0.29, 0.717) is 0 Å². The van der Waals surface area contributed by atoms with Crippen molar-refractivity contribution in [1.82, 2.24) is 0 Å². The van der Waals surface area contributed by atoms with Crippen LogP contribution in [0.15, 0.2) is 24.3 Å². The number of rotatable bonds is 2. The number of hydrogen-bond donors (Lipinski definition) is 3. The van der Waals surface area contributed by atoms with E-state index in [1.54, 1.807) is 13.8 Å². The summed E-state index contributed by atoms with van der Waals surface area (Å²) < 4.78 is 12.5. The van der Waals surface area contributed by atoms with Crippen LogP contribution in [0.1, 0.15) is 24.2 Å². The topological polar surface area (TPSA) is 83.5 Å². The van der Waals surface area contributed by atoms with Gasteiger partial charge in [0.05, 0.1) is 12.2 Å². The molecular weight excluding hydrogens is 213 g/mol. The van der Waals surface area contributed by atoms with E-state index in [9.17, 15) is 9.18 Å². The Labute approximate surface area is 93.5 Å². The van der Waals surface area contributed by atoms with Gasteiger partial charge < -0.3 is 15.9 Å². The molecule has 0 saturated heterocycles. The fraction of sp³-hybridized carbons (Fsp3) is 0.364. The molecule has 1 aromatic carbocycles. The zero-order chi connectivity index (χ0) is 12.8. The van der Waals surface area contributed by atoms with E-state index in [1.165, 1.54) is 18.2 Å². The minimum atomic E-state index is -1.24. The lowest BCUT2D eigenvalue weighted by Crippen LogP contribution is -2.35. The quantitative estimate of drug-likeness (QED) is 0.712. The molecule has 0 spiro atoms. The zero-order valence-corrected chi connectivity index (χ0v) is 9.27. The maximum atomic E-state index is 12.5. The van der Waals surface area contributed by atoms with Gasteiger partial charge in [0.25, 0.3) is 0 Å². The Hall–Kier alpha value is -1.46. The van der Waals surface area contributed by atoms with Crippen LogP contribution in [-0.4, -0.2) is 28.3 Å². The van der Waals surface area contributed by atoms with Crippen molar-refractivity contribution in [1.29, 1.82) is 0 Å². The molecule has 4 N–H and O–H groups in total. The molecule has 0 unspecified atom stereocenters. The molecule has 0 aliphatic carbocycles. The molecule has 0 saturated carbocycles. The lowest BCUT2D eigenvalue weighted by Gasteiger charge is -2.12. The SMILES string of the molecule is CC(C)(N)CO.O=C(O)c1ccccc1F. The van der Waals surface area contributed by atoms with E-state index in [2.05, 4.69) is 0 Å². The van der Waals surface area contributed by atoms with Crippen LogP contribution in [0.4, 0.5) is 4.39 Å². The van der Waals surface area contributed by atoms with E-state index in [1.807, 2.05) is 0 Å². The van der Waals surface area contributed by atoms with Crippen molar-refractivity contribution in [2.45, 2.75) is 19.4 Å². The van der Waals surface area contributed by atoms with Crippen LogP contribution in [0.5, 0.6) is 0 Å². The first-order valence-corrected chi connectivity index (χ1v) is 4.65. The van der Waals surface area contributed by atoms with Gasteiger partial charge in [0.2, 0.25) is 0 Å². The Bertz CT molecular complexity index is 347. The molecule has 4 nitrogen and oxygen atoms in total. The van der Waals surface area contributed by atoms with Crippen LogP contribution < -0.4 is 5.73 Å². The van der Waals surface area contributed by atoms with Crippen molar-refractivity contribution in [2.24, 2.45) is 5.73 Å². The van der Waals surface area contributed by atoms with Crippen molar-refractivity contribution in [3.8, 4) is 0 Å². The summed E-state index contributed by atoms with van der Waals surface area (Å²) in [6.45, 7) is 3.59. The smallest absolute Gasteiger partial charge is 0.338 e. The molecule has 0 atom stereocenters. The summed E-state index contributed by atoms with van der Waals surface area (Å²) >= 11 is 0. The monoisotopic (exact) mass is 229 g/mol. The van der Waals surface area contributed by atoms with Gasteiger partial charge in [0.1, 0.15) is 5.82 Å². The summed E-state index contributed by atoms with van der Waals surface area (Å²) in [5.74, 6) is -1.94. The second-order valence-corrected chi connectivity index (χ2v) is 3.93. The molecule has 0 fully saturated rings. The first-order chi connectivity index (χ1) is 7.28. The molecule has 0 bridgehead atoms. The van der Waals surface area contributed by atoms with Gasteiger partial charge in [-0.15, -0.1) is 0 Å². The van der Waals surface area contributed by atoms with Gasteiger partial charge in [-0.05, 0) is 26.0 Å². The highest BCUT2D eigenvalue weighted by atomic mass is 19.1. The number of hydrogen-bond acceptors (Lipinski definition) is 3. The summed E-state index contributed by atoms with van der Waals surface area (Å²) in [6.07, 6.45) is 0. The summed E-state index contributed by atoms with van der Waals surface area (Å²) in [6, 6.07) is 5.26. The third-order valence-corrected chi connectivity index (χ3v) is 1.51. The molecule has 1 aromatic rings. The van der Waals surface area contributed by atoms with Gasteiger partial charge in [-0.3, -0.25) is 0 Å². The Morgan fingerprint density at radius 3 is 2.12 bits per heavy atom. The normalized spacial score (nSPS) is 10.3. The van der Waals surface area contributed by atoms with Gasteiger partial charge in [0.15, 0.2) is 0 Å². The number of aliphatic hydroxyl groups excluding tert-OH is 1. The fourth-order valence-electron chi connectivity index (χ4n) is 0.635. The van der Waals surface area contributed by atoms with E-state index in [4.69, 9.17) is 15.9 Å². The number of aliphatic hydroxyl groups is 1. The average Bonchev–Trinajstić information content (AvgIpc) is 2.18. The fourth-order valence-corrected chi connectivity index (χ4v) is 0.635. The number of benzene rings is 1. The first-order valence-electron chi connectivity index (χ1n) is 4.65. The Morgan fingerprint density at radius 1 is 1.44 bits per heavy atom. The van der Waals surface area contributed by atoms with Gasteiger partial charge in [0, 0.05) is 5.54 Å². The van der Waals surface area contributed by atoms with Crippen LogP contribution >= 0.6 is 0 Å². The Kier molecular flexibility index (Phi) is 5.63. The third-order valence-electron chi connectivity index (χ3n) is 1.51. The molecule has 0 aliphatic rings. The van der Waals surface area contributed by atoms with E-state index < -0.39 is 17.3 Å². The summed E-state index contributed by atoms with van der Waals surface area (Å²) in [4.78, 5) is 10.2. The highest BCUT2D eigenvalue weighted by Crippen LogP contribution is 2.04. The van der Waals surface area contributed by atoms with E-state index in [-0.39, 0.29) is 12.2 Å². The molecule has 0 aromatic heterocycles. The zero-order valence-electron chi connectivity index (χ0n) is 9.27. The molecule has 90 valence electrons.